The summed E-state index contributed by atoms with van der Waals surface area (Å²) in [5, 5.41) is 12.4. The highest BCUT2D eigenvalue weighted by atomic mass is 16.2. The molecule has 2 heteroatoms. The SMILES string of the molecule is OCCc1ccc(NCCC2CCCCC2)cc1. The van der Waals surface area contributed by atoms with Gasteiger partial charge in [-0.2, -0.15) is 0 Å². The second-order valence-electron chi connectivity index (χ2n) is 5.39. The summed E-state index contributed by atoms with van der Waals surface area (Å²) >= 11 is 0. The first-order valence-corrected chi connectivity index (χ1v) is 7.32. The highest BCUT2D eigenvalue weighted by Gasteiger charge is 2.12. The molecule has 0 unspecified atom stereocenters. The summed E-state index contributed by atoms with van der Waals surface area (Å²) in [6.07, 6.45) is 9.21. The monoisotopic (exact) mass is 247 g/mol. The molecule has 0 saturated heterocycles. The topological polar surface area (TPSA) is 32.3 Å². The average molecular weight is 247 g/mol. The van der Waals surface area contributed by atoms with E-state index >= 15 is 0 Å². The van der Waals surface area contributed by atoms with Crippen LogP contribution in [0.25, 0.3) is 0 Å². The first-order chi connectivity index (χ1) is 8.88. The van der Waals surface area contributed by atoms with Crippen LogP contribution in [0.1, 0.15) is 44.1 Å². The van der Waals surface area contributed by atoms with E-state index in [2.05, 4.69) is 29.6 Å². The van der Waals surface area contributed by atoms with Crippen molar-refractivity contribution in [1.29, 1.82) is 0 Å². The van der Waals surface area contributed by atoms with Crippen LogP contribution in [-0.4, -0.2) is 18.3 Å². The molecule has 1 fully saturated rings. The van der Waals surface area contributed by atoms with Crippen LogP contribution in [0.4, 0.5) is 5.69 Å². The predicted molar refractivity (Wildman–Crippen MR) is 76.9 cm³/mol. The van der Waals surface area contributed by atoms with Gasteiger partial charge in [0, 0.05) is 18.8 Å². The number of hydrogen-bond acceptors (Lipinski definition) is 2. The van der Waals surface area contributed by atoms with Crippen molar-refractivity contribution in [3.05, 3.63) is 29.8 Å². The molecule has 0 spiro atoms. The second-order valence-corrected chi connectivity index (χ2v) is 5.39. The fourth-order valence-corrected chi connectivity index (χ4v) is 2.81. The van der Waals surface area contributed by atoms with Gasteiger partial charge in [-0.15, -0.1) is 0 Å². The molecule has 0 radical (unpaired) electrons. The van der Waals surface area contributed by atoms with E-state index in [1.54, 1.807) is 0 Å². The Kier molecular flexibility index (Phi) is 5.53. The highest BCUT2D eigenvalue weighted by molar-refractivity contribution is 5.44. The maximum Gasteiger partial charge on any atom is 0.0471 e. The Balaban J connectivity index is 1.69. The fraction of sp³-hybridized carbons (Fsp3) is 0.625. The minimum Gasteiger partial charge on any atom is -0.396 e. The van der Waals surface area contributed by atoms with E-state index in [9.17, 15) is 0 Å². The summed E-state index contributed by atoms with van der Waals surface area (Å²) in [5.74, 6) is 0.944. The normalized spacial score (nSPS) is 16.7. The molecule has 0 amide bonds. The first-order valence-electron chi connectivity index (χ1n) is 7.32. The summed E-state index contributed by atoms with van der Waals surface area (Å²) in [6.45, 7) is 1.32. The van der Waals surface area contributed by atoms with Gasteiger partial charge in [-0.05, 0) is 36.5 Å². The summed E-state index contributed by atoms with van der Waals surface area (Å²) in [6, 6.07) is 8.43. The van der Waals surface area contributed by atoms with Crippen LogP contribution >= 0.6 is 0 Å². The number of aliphatic hydroxyl groups excluding tert-OH is 1. The van der Waals surface area contributed by atoms with Crippen molar-refractivity contribution in [2.24, 2.45) is 5.92 Å². The van der Waals surface area contributed by atoms with E-state index in [4.69, 9.17) is 5.11 Å². The third kappa shape index (κ3) is 4.34. The Hall–Kier alpha value is -1.02. The van der Waals surface area contributed by atoms with Crippen molar-refractivity contribution in [1.82, 2.24) is 0 Å². The maximum absolute atomic E-state index is 8.86. The van der Waals surface area contributed by atoms with Gasteiger partial charge in [0.1, 0.15) is 0 Å². The Bertz CT molecular complexity index is 327. The molecule has 2 N–H and O–H groups in total. The Morgan fingerprint density at radius 2 is 1.78 bits per heavy atom. The van der Waals surface area contributed by atoms with Crippen LogP contribution in [0.2, 0.25) is 0 Å². The molecule has 1 aromatic rings. The zero-order chi connectivity index (χ0) is 12.6. The molecule has 100 valence electrons. The summed E-state index contributed by atoms with van der Waals surface area (Å²) in [7, 11) is 0. The lowest BCUT2D eigenvalue weighted by Gasteiger charge is -2.21. The minimum absolute atomic E-state index is 0.231. The van der Waals surface area contributed by atoms with Gasteiger partial charge >= 0.3 is 0 Å². The van der Waals surface area contributed by atoms with E-state index in [0.29, 0.717) is 0 Å². The number of benzene rings is 1. The Morgan fingerprint density at radius 3 is 2.44 bits per heavy atom. The molecule has 1 aliphatic rings. The van der Waals surface area contributed by atoms with Gasteiger partial charge in [-0.25, -0.2) is 0 Å². The molecular weight excluding hydrogens is 222 g/mol. The number of anilines is 1. The van der Waals surface area contributed by atoms with E-state index in [-0.39, 0.29) is 6.61 Å². The number of rotatable bonds is 6. The molecular formula is C16H25NO. The van der Waals surface area contributed by atoms with Crippen LogP contribution < -0.4 is 5.32 Å². The molecule has 1 aromatic carbocycles. The molecule has 2 rings (SSSR count). The largest absolute Gasteiger partial charge is 0.396 e. The minimum atomic E-state index is 0.231. The molecule has 1 saturated carbocycles. The van der Waals surface area contributed by atoms with Crippen LogP contribution in [0.5, 0.6) is 0 Å². The smallest absolute Gasteiger partial charge is 0.0471 e. The van der Waals surface area contributed by atoms with Gasteiger partial charge in [0.25, 0.3) is 0 Å². The van der Waals surface area contributed by atoms with Crippen LogP contribution in [0.3, 0.4) is 0 Å². The molecule has 0 heterocycles. The average Bonchev–Trinajstić information content (AvgIpc) is 2.42. The molecule has 0 aliphatic heterocycles. The van der Waals surface area contributed by atoms with E-state index in [0.717, 1.165) is 18.9 Å². The second kappa shape index (κ2) is 7.42. The molecule has 0 bridgehead atoms. The van der Waals surface area contributed by atoms with Crippen molar-refractivity contribution >= 4 is 5.69 Å². The Morgan fingerprint density at radius 1 is 1.06 bits per heavy atom. The third-order valence-electron chi connectivity index (χ3n) is 3.96. The molecule has 1 aliphatic carbocycles. The van der Waals surface area contributed by atoms with Crippen molar-refractivity contribution in [2.75, 3.05) is 18.5 Å². The quantitative estimate of drug-likeness (QED) is 0.805. The van der Waals surface area contributed by atoms with Crippen molar-refractivity contribution in [3.63, 3.8) is 0 Å². The van der Waals surface area contributed by atoms with Crippen LogP contribution in [-0.2, 0) is 6.42 Å². The summed E-state index contributed by atoms with van der Waals surface area (Å²) in [5.41, 5.74) is 2.41. The van der Waals surface area contributed by atoms with E-state index in [1.807, 2.05) is 0 Å². The maximum atomic E-state index is 8.86. The predicted octanol–water partition coefficient (Wildman–Crippen LogP) is 3.60. The van der Waals surface area contributed by atoms with Crippen LogP contribution in [0, 0.1) is 5.92 Å². The molecule has 0 atom stereocenters. The van der Waals surface area contributed by atoms with E-state index < -0.39 is 0 Å². The summed E-state index contributed by atoms with van der Waals surface area (Å²) in [4.78, 5) is 0. The zero-order valence-electron chi connectivity index (χ0n) is 11.2. The zero-order valence-corrected chi connectivity index (χ0v) is 11.2. The number of hydrogen-bond donors (Lipinski definition) is 2. The summed E-state index contributed by atoms with van der Waals surface area (Å²) < 4.78 is 0. The first kappa shape index (κ1) is 13.4. The van der Waals surface area contributed by atoms with Crippen LogP contribution in [0.15, 0.2) is 24.3 Å². The van der Waals surface area contributed by atoms with Gasteiger partial charge in [0.05, 0.1) is 0 Å². The highest BCUT2D eigenvalue weighted by Crippen LogP contribution is 2.26. The molecule has 2 nitrogen and oxygen atoms in total. The lowest BCUT2D eigenvalue weighted by molar-refractivity contribution is 0.299. The van der Waals surface area contributed by atoms with E-state index in [1.165, 1.54) is 49.8 Å². The van der Waals surface area contributed by atoms with Crippen molar-refractivity contribution in [3.8, 4) is 0 Å². The third-order valence-corrected chi connectivity index (χ3v) is 3.96. The van der Waals surface area contributed by atoms with Gasteiger partial charge in [0.2, 0.25) is 0 Å². The molecule has 0 aromatic heterocycles. The lowest BCUT2D eigenvalue weighted by Crippen LogP contribution is -2.12. The van der Waals surface area contributed by atoms with Gasteiger partial charge in [0.15, 0.2) is 0 Å². The van der Waals surface area contributed by atoms with Gasteiger partial charge < -0.3 is 10.4 Å². The standard InChI is InChI=1S/C16H25NO/c18-13-11-15-6-8-16(9-7-15)17-12-10-14-4-2-1-3-5-14/h6-9,14,17-18H,1-5,10-13H2. The van der Waals surface area contributed by atoms with Crippen molar-refractivity contribution < 1.29 is 5.11 Å². The fourth-order valence-electron chi connectivity index (χ4n) is 2.81. The molecule has 18 heavy (non-hydrogen) atoms. The number of nitrogens with one attached hydrogen (secondary N) is 1. The Labute approximate surface area is 110 Å². The van der Waals surface area contributed by atoms with Crippen molar-refractivity contribution in [2.45, 2.75) is 44.9 Å². The lowest BCUT2D eigenvalue weighted by atomic mass is 9.87. The van der Waals surface area contributed by atoms with Gasteiger partial charge in [-0.3, -0.25) is 0 Å². The number of aliphatic hydroxyl groups is 1. The van der Waals surface area contributed by atoms with Gasteiger partial charge in [-0.1, -0.05) is 44.2 Å².